The van der Waals surface area contributed by atoms with Crippen molar-refractivity contribution in [3.63, 3.8) is 0 Å². The molecule has 0 amide bonds. The van der Waals surface area contributed by atoms with Gasteiger partial charge < -0.3 is 0 Å². The lowest BCUT2D eigenvalue weighted by molar-refractivity contribution is 0.187. The molecule has 0 heterocycles. The fourth-order valence-corrected chi connectivity index (χ4v) is 0.376. The van der Waals surface area contributed by atoms with Crippen LogP contribution >= 0.6 is 11.6 Å². The number of sulfonamides is 1. The predicted octanol–water partition coefficient (Wildman–Crippen LogP) is 1.42. The number of halogens is 3. The van der Waals surface area contributed by atoms with Crippen LogP contribution in [0.1, 0.15) is 0 Å². The smallest absolute Gasteiger partial charge is 0.213 e. The molecule has 0 aliphatic carbocycles. The van der Waals surface area contributed by atoms with Gasteiger partial charge in [-0.05, 0) is 17.1 Å². The van der Waals surface area contributed by atoms with Gasteiger partial charge in [-0.3, -0.25) is 0 Å². The number of nitrogens with zero attached hydrogens (tertiary/aromatic N) is 3. The Balaban J connectivity index is 4.97. The summed E-state index contributed by atoms with van der Waals surface area (Å²) < 4.78 is 40.4. The van der Waals surface area contributed by atoms with Crippen LogP contribution in [0.25, 0.3) is 10.4 Å². The zero-order chi connectivity index (χ0) is 8.41. The van der Waals surface area contributed by atoms with Crippen LogP contribution in [0.5, 0.6) is 0 Å². The van der Waals surface area contributed by atoms with E-state index in [1.165, 1.54) is 0 Å². The minimum absolute atomic E-state index is 1.65. The van der Waals surface area contributed by atoms with Gasteiger partial charge in [0.25, 0.3) is 0 Å². The van der Waals surface area contributed by atoms with Gasteiger partial charge in [-0.15, -0.1) is 0 Å². The number of hydrogen-bond donors (Lipinski definition) is 0. The quantitative estimate of drug-likeness (QED) is 0.286. The molecule has 0 fully saturated rings. The summed E-state index contributed by atoms with van der Waals surface area (Å²) in [6, 6.07) is 0. The lowest BCUT2D eigenvalue weighted by atomic mass is 11.6. The molecule has 58 valence electrons. The standard InChI is InChI=1S/CClF2N3O2S/c2-1(3,4)10(8,9)7-6-5. The van der Waals surface area contributed by atoms with Crippen LogP contribution < -0.4 is 0 Å². The van der Waals surface area contributed by atoms with Gasteiger partial charge in [-0.1, -0.05) is 0 Å². The fraction of sp³-hybridized carbons (Fsp3) is 1.00. The summed E-state index contributed by atoms with van der Waals surface area (Å²) in [6.07, 6.45) is 0. The molecular weight excluding hydrogens is 192 g/mol. The zero-order valence-corrected chi connectivity index (χ0v) is 5.77. The Hall–Kier alpha value is -0.590. The van der Waals surface area contributed by atoms with E-state index in [4.69, 9.17) is 5.53 Å². The SMILES string of the molecule is [N-]=[N+]=NS(=O)(=O)C(F)(F)Cl. The summed E-state index contributed by atoms with van der Waals surface area (Å²) in [5.74, 6) is 0. The molecule has 0 rings (SSSR count). The highest BCUT2D eigenvalue weighted by Crippen LogP contribution is 2.27. The van der Waals surface area contributed by atoms with Gasteiger partial charge in [0.1, 0.15) is 0 Å². The second-order valence-electron chi connectivity index (χ2n) is 1.09. The van der Waals surface area contributed by atoms with E-state index >= 15 is 0 Å². The van der Waals surface area contributed by atoms with E-state index in [2.05, 4.69) is 11.6 Å². The number of azide groups is 1. The van der Waals surface area contributed by atoms with Gasteiger partial charge in [0, 0.05) is 9.43 Å². The summed E-state index contributed by atoms with van der Waals surface area (Å²) in [7, 11) is -5.21. The molecule has 0 spiro atoms. The second kappa shape index (κ2) is 2.57. The molecule has 5 nitrogen and oxygen atoms in total. The van der Waals surface area contributed by atoms with Crippen LogP contribution in [0.4, 0.5) is 8.78 Å². The van der Waals surface area contributed by atoms with E-state index in [0.717, 1.165) is 0 Å². The first-order valence-corrected chi connectivity index (χ1v) is 3.51. The Kier molecular flexibility index (Phi) is 2.42. The Morgan fingerprint density at radius 1 is 1.60 bits per heavy atom. The Morgan fingerprint density at radius 3 is 2.10 bits per heavy atom. The third-order valence-electron chi connectivity index (χ3n) is 0.436. The molecule has 0 saturated carbocycles. The molecule has 9 heteroatoms. The highest BCUT2D eigenvalue weighted by molar-refractivity contribution is 7.92. The molecule has 0 N–H and O–H groups in total. The lowest BCUT2D eigenvalue weighted by Gasteiger charge is -2.00. The molecule has 0 aromatic rings. The van der Waals surface area contributed by atoms with E-state index in [-0.39, 0.29) is 0 Å². The first-order chi connectivity index (χ1) is 4.31. The molecule has 0 aromatic heterocycles. The van der Waals surface area contributed by atoms with Crippen molar-refractivity contribution in [2.45, 2.75) is 4.71 Å². The zero-order valence-electron chi connectivity index (χ0n) is 4.20. The first kappa shape index (κ1) is 9.41. The van der Waals surface area contributed by atoms with E-state index in [1.807, 2.05) is 0 Å². The van der Waals surface area contributed by atoms with Crippen LogP contribution in [0.2, 0.25) is 0 Å². The lowest BCUT2D eigenvalue weighted by Crippen LogP contribution is -2.18. The van der Waals surface area contributed by atoms with Crippen LogP contribution in [-0.2, 0) is 10.0 Å². The second-order valence-corrected chi connectivity index (χ2v) is 3.42. The van der Waals surface area contributed by atoms with E-state index in [9.17, 15) is 17.2 Å². The predicted molar refractivity (Wildman–Crippen MR) is 28.9 cm³/mol. The maximum Gasteiger partial charge on any atom is 0.430 e. The molecule has 0 aliphatic heterocycles. The Bertz CT molecular complexity index is 261. The van der Waals surface area contributed by atoms with E-state index in [0.29, 0.717) is 0 Å². The van der Waals surface area contributed by atoms with Crippen LogP contribution in [0.3, 0.4) is 0 Å². The summed E-state index contributed by atoms with van der Waals surface area (Å²) in [4.78, 5) is 1.65. The van der Waals surface area contributed by atoms with Gasteiger partial charge in [0.15, 0.2) is 0 Å². The summed E-state index contributed by atoms with van der Waals surface area (Å²) in [6.45, 7) is 0. The van der Waals surface area contributed by atoms with Crippen molar-refractivity contribution in [3.8, 4) is 0 Å². The highest BCUT2D eigenvalue weighted by atomic mass is 35.5. The Morgan fingerprint density at radius 2 is 2.00 bits per heavy atom. The van der Waals surface area contributed by atoms with Crippen molar-refractivity contribution in [3.05, 3.63) is 10.4 Å². The van der Waals surface area contributed by atoms with Crippen molar-refractivity contribution in [2.24, 2.45) is 4.52 Å². The summed E-state index contributed by atoms with van der Waals surface area (Å²) in [5.41, 5.74) is 7.45. The van der Waals surface area contributed by atoms with Gasteiger partial charge in [-0.25, -0.2) is 8.42 Å². The maximum absolute atomic E-state index is 11.6. The molecule has 0 radical (unpaired) electrons. The first-order valence-electron chi connectivity index (χ1n) is 1.69. The largest absolute Gasteiger partial charge is 0.430 e. The topological polar surface area (TPSA) is 82.9 Å². The third-order valence-corrected chi connectivity index (χ3v) is 1.89. The van der Waals surface area contributed by atoms with Gasteiger partial charge in [0.05, 0.1) is 0 Å². The summed E-state index contributed by atoms with van der Waals surface area (Å²) >= 11 is 4.02. The van der Waals surface area contributed by atoms with Crippen molar-refractivity contribution < 1.29 is 17.2 Å². The normalized spacial score (nSPS) is 12.3. The van der Waals surface area contributed by atoms with Gasteiger partial charge in [0.2, 0.25) is 0 Å². The fourth-order valence-electron chi connectivity index (χ4n) is 0.0944. The van der Waals surface area contributed by atoms with Crippen LogP contribution in [0, 0.1) is 0 Å². The number of rotatable bonds is 2. The highest BCUT2D eigenvalue weighted by Gasteiger charge is 2.42. The average Bonchev–Trinajstić information content (AvgIpc) is 1.61. The minimum atomic E-state index is -5.21. The van der Waals surface area contributed by atoms with Crippen LogP contribution in [-0.4, -0.2) is 13.1 Å². The van der Waals surface area contributed by atoms with Gasteiger partial charge >= 0.3 is 14.7 Å². The number of hydrogen-bond acceptors (Lipinski definition) is 2. The minimum Gasteiger partial charge on any atom is -0.213 e. The molecule has 0 aliphatic rings. The molecular formula is CClF2N3O2S. The van der Waals surface area contributed by atoms with E-state index < -0.39 is 14.7 Å². The maximum atomic E-state index is 11.6. The molecule has 0 saturated heterocycles. The molecule has 0 atom stereocenters. The van der Waals surface area contributed by atoms with Crippen molar-refractivity contribution in [1.82, 2.24) is 0 Å². The molecule has 0 aromatic carbocycles. The number of alkyl halides is 3. The van der Waals surface area contributed by atoms with Gasteiger partial charge in [-0.2, -0.15) is 8.78 Å². The average molecular weight is 192 g/mol. The van der Waals surface area contributed by atoms with Crippen molar-refractivity contribution in [1.29, 1.82) is 0 Å². The van der Waals surface area contributed by atoms with E-state index in [1.54, 1.807) is 9.43 Å². The molecule has 0 bridgehead atoms. The monoisotopic (exact) mass is 191 g/mol. The van der Waals surface area contributed by atoms with Crippen molar-refractivity contribution >= 4 is 21.6 Å². The molecule has 0 unspecified atom stereocenters. The molecule has 10 heavy (non-hydrogen) atoms. The third kappa shape index (κ3) is 1.98. The van der Waals surface area contributed by atoms with Crippen molar-refractivity contribution in [2.75, 3.05) is 0 Å². The van der Waals surface area contributed by atoms with Crippen LogP contribution in [0.15, 0.2) is 4.52 Å². The Labute approximate surface area is 59.3 Å². The summed E-state index contributed by atoms with van der Waals surface area (Å²) in [5, 5.41) is 0.